The van der Waals surface area contributed by atoms with E-state index in [0.717, 1.165) is 18.5 Å². The summed E-state index contributed by atoms with van der Waals surface area (Å²) < 4.78 is 26.4. The molecule has 0 heterocycles. The largest absolute Gasteiger partial charge is 0.313 e. The minimum Gasteiger partial charge on any atom is -0.313 e. The first-order valence-electron chi connectivity index (χ1n) is 7.15. The standard InChI is InChI=1S/C15H26N2O2S/c1-6-13-8-9-15(10-14(13)11-16-7-2)20(18,19)17(5)12(3)4/h8-10,12,16H,6-7,11H2,1-5H3. The number of hydrogen-bond donors (Lipinski definition) is 1. The second-order valence-electron chi connectivity index (χ2n) is 5.18. The van der Waals surface area contributed by atoms with E-state index in [2.05, 4.69) is 12.2 Å². The molecule has 0 fully saturated rings. The van der Waals surface area contributed by atoms with Crippen LogP contribution < -0.4 is 5.32 Å². The predicted molar refractivity (Wildman–Crippen MR) is 83.3 cm³/mol. The topological polar surface area (TPSA) is 49.4 Å². The zero-order valence-corrected chi connectivity index (χ0v) is 13.9. The van der Waals surface area contributed by atoms with Gasteiger partial charge in [-0.2, -0.15) is 4.31 Å². The summed E-state index contributed by atoms with van der Waals surface area (Å²) in [6.45, 7) is 9.44. The van der Waals surface area contributed by atoms with Crippen LogP contribution in [-0.2, 0) is 23.0 Å². The summed E-state index contributed by atoms with van der Waals surface area (Å²) >= 11 is 0. The fourth-order valence-corrected chi connectivity index (χ4v) is 3.39. The molecule has 1 aromatic rings. The Kier molecular flexibility index (Phi) is 6.17. The molecule has 0 saturated heterocycles. The van der Waals surface area contributed by atoms with Crippen molar-refractivity contribution in [1.29, 1.82) is 0 Å². The van der Waals surface area contributed by atoms with Gasteiger partial charge in [0.2, 0.25) is 10.0 Å². The third-order valence-electron chi connectivity index (χ3n) is 3.53. The van der Waals surface area contributed by atoms with Gasteiger partial charge in [-0.3, -0.25) is 0 Å². The van der Waals surface area contributed by atoms with Crippen molar-refractivity contribution in [2.75, 3.05) is 13.6 Å². The summed E-state index contributed by atoms with van der Waals surface area (Å²) in [5.74, 6) is 0. The summed E-state index contributed by atoms with van der Waals surface area (Å²) in [4.78, 5) is 0.374. The molecule has 0 amide bonds. The van der Waals surface area contributed by atoms with Crippen LogP contribution >= 0.6 is 0 Å². The van der Waals surface area contributed by atoms with Crippen LogP contribution in [0.25, 0.3) is 0 Å². The van der Waals surface area contributed by atoms with Crippen molar-refractivity contribution in [3.05, 3.63) is 29.3 Å². The monoisotopic (exact) mass is 298 g/mol. The third kappa shape index (κ3) is 3.81. The van der Waals surface area contributed by atoms with Crippen molar-refractivity contribution < 1.29 is 8.42 Å². The lowest BCUT2D eigenvalue weighted by Crippen LogP contribution is -2.33. The number of sulfonamides is 1. The van der Waals surface area contributed by atoms with Gasteiger partial charge in [0.05, 0.1) is 4.90 Å². The van der Waals surface area contributed by atoms with Crippen molar-refractivity contribution >= 4 is 10.0 Å². The van der Waals surface area contributed by atoms with Crippen LogP contribution in [0.15, 0.2) is 23.1 Å². The van der Waals surface area contributed by atoms with E-state index in [1.54, 1.807) is 19.2 Å². The van der Waals surface area contributed by atoms with E-state index in [1.165, 1.54) is 9.87 Å². The lowest BCUT2D eigenvalue weighted by Gasteiger charge is -2.22. The average molecular weight is 298 g/mol. The van der Waals surface area contributed by atoms with Crippen LogP contribution in [0.4, 0.5) is 0 Å². The van der Waals surface area contributed by atoms with E-state index in [-0.39, 0.29) is 6.04 Å². The maximum absolute atomic E-state index is 12.5. The number of hydrogen-bond acceptors (Lipinski definition) is 3. The van der Waals surface area contributed by atoms with Gasteiger partial charge in [0.25, 0.3) is 0 Å². The minimum absolute atomic E-state index is 0.0527. The lowest BCUT2D eigenvalue weighted by atomic mass is 10.1. The van der Waals surface area contributed by atoms with Crippen LogP contribution in [0.3, 0.4) is 0 Å². The van der Waals surface area contributed by atoms with Gasteiger partial charge in [-0.15, -0.1) is 0 Å². The van der Waals surface area contributed by atoms with Crippen molar-refractivity contribution in [3.63, 3.8) is 0 Å². The highest BCUT2D eigenvalue weighted by Crippen LogP contribution is 2.21. The Morgan fingerprint density at radius 2 is 1.85 bits per heavy atom. The molecule has 114 valence electrons. The maximum Gasteiger partial charge on any atom is 0.243 e. The highest BCUT2D eigenvalue weighted by molar-refractivity contribution is 7.89. The van der Waals surface area contributed by atoms with E-state index in [0.29, 0.717) is 11.4 Å². The Balaban J connectivity index is 3.20. The van der Waals surface area contributed by atoms with E-state index >= 15 is 0 Å². The molecule has 0 atom stereocenters. The smallest absolute Gasteiger partial charge is 0.243 e. The Morgan fingerprint density at radius 3 is 2.35 bits per heavy atom. The molecule has 0 bridgehead atoms. The molecule has 0 aliphatic carbocycles. The summed E-state index contributed by atoms with van der Waals surface area (Å²) in [7, 11) is -1.78. The fourth-order valence-electron chi connectivity index (χ4n) is 1.98. The van der Waals surface area contributed by atoms with Crippen molar-refractivity contribution in [2.45, 2.75) is 51.6 Å². The molecule has 1 rings (SSSR count). The minimum atomic E-state index is -3.41. The SMILES string of the molecule is CCNCc1cc(S(=O)(=O)N(C)C(C)C)ccc1CC. The molecular formula is C15H26N2O2S. The van der Waals surface area contributed by atoms with Gasteiger partial charge >= 0.3 is 0 Å². The highest BCUT2D eigenvalue weighted by Gasteiger charge is 2.23. The number of rotatable bonds is 7. The molecule has 1 aromatic carbocycles. The molecule has 0 aliphatic heterocycles. The van der Waals surface area contributed by atoms with Crippen LogP contribution in [0.2, 0.25) is 0 Å². The van der Waals surface area contributed by atoms with Crippen LogP contribution in [0.5, 0.6) is 0 Å². The van der Waals surface area contributed by atoms with Crippen molar-refractivity contribution in [2.24, 2.45) is 0 Å². The molecular weight excluding hydrogens is 272 g/mol. The van der Waals surface area contributed by atoms with Gasteiger partial charge in [-0.1, -0.05) is 19.9 Å². The Bertz CT molecular complexity index is 539. The molecule has 0 saturated carbocycles. The maximum atomic E-state index is 12.5. The second-order valence-corrected chi connectivity index (χ2v) is 7.18. The Morgan fingerprint density at radius 1 is 1.20 bits per heavy atom. The van der Waals surface area contributed by atoms with E-state index in [9.17, 15) is 8.42 Å². The molecule has 0 aromatic heterocycles. The van der Waals surface area contributed by atoms with E-state index in [4.69, 9.17) is 0 Å². The summed E-state index contributed by atoms with van der Waals surface area (Å²) in [5, 5.41) is 3.26. The summed E-state index contributed by atoms with van der Waals surface area (Å²) in [6.07, 6.45) is 0.904. The zero-order chi connectivity index (χ0) is 15.3. The van der Waals surface area contributed by atoms with Gasteiger partial charge in [0, 0.05) is 19.6 Å². The van der Waals surface area contributed by atoms with Crippen LogP contribution in [0, 0.1) is 0 Å². The fraction of sp³-hybridized carbons (Fsp3) is 0.600. The Hall–Kier alpha value is -0.910. The van der Waals surface area contributed by atoms with Gasteiger partial charge in [-0.05, 0) is 50.1 Å². The van der Waals surface area contributed by atoms with Crippen LogP contribution in [0.1, 0.15) is 38.8 Å². The highest BCUT2D eigenvalue weighted by atomic mass is 32.2. The molecule has 20 heavy (non-hydrogen) atoms. The molecule has 1 N–H and O–H groups in total. The van der Waals surface area contributed by atoms with E-state index < -0.39 is 10.0 Å². The summed E-state index contributed by atoms with van der Waals surface area (Å²) in [6, 6.07) is 5.38. The predicted octanol–water partition coefficient (Wildman–Crippen LogP) is 2.39. The first-order chi connectivity index (χ1) is 9.34. The average Bonchev–Trinajstić information content (AvgIpc) is 2.43. The molecule has 4 nitrogen and oxygen atoms in total. The first kappa shape index (κ1) is 17.1. The third-order valence-corrected chi connectivity index (χ3v) is 5.56. The van der Waals surface area contributed by atoms with Crippen molar-refractivity contribution in [1.82, 2.24) is 9.62 Å². The molecule has 0 unspecified atom stereocenters. The number of nitrogens with zero attached hydrogens (tertiary/aromatic N) is 1. The van der Waals surface area contributed by atoms with Gasteiger partial charge in [-0.25, -0.2) is 8.42 Å². The lowest BCUT2D eigenvalue weighted by molar-refractivity contribution is 0.410. The van der Waals surface area contributed by atoms with Gasteiger partial charge in [0.1, 0.15) is 0 Å². The number of aryl methyl sites for hydroxylation is 1. The molecule has 5 heteroatoms. The molecule has 0 aliphatic rings. The number of benzene rings is 1. The number of nitrogens with one attached hydrogen (secondary N) is 1. The van der Waals surface area contributed by atoms with Gasteiger partial charge < -0.3 is 5.32 Å². The first-order valence-corrected chi connectivity index (χ1v) is 8.59. The van der Waals surface area contributed by atoms with E-state index in [1.807, 2.05) is 26.8 Å². The zero-order valence-electron chi connectivity index (χ0n) is 13.1. The normalized spacial score (nSPS) is 12.3. The van der Waals surface area contributed by atoms with Crippen LogP contribution in [-0.4, -0.2) is 32.4 Å². The second kappa shape index (κ2) is 7.20. The quantitative estimate of drug-likeness (QED) is 0.841. The molecule has 0 spiro atoms. The van der Waals surface area contributed by atoms with Crippen molar-refractivity contribution in [3.8, 4) is 0 Å². The summed E-state index contributed by atoms with van der Waals surface area (Å²) in [5.41, 5.74) is 2.25. The van der Waals surface area contributed by atoms with Gasteiger partial charge in [0.15, 0.2) is 0 Å². The molecule has 0 radical (unpaired) electrons. The Labute approximate surface area is 123 Å².